The smallest absolute Gasteiger partial charge is 0.305 e. The molecule has 2 heteroatoms. The lowest BCUT2D eigenvalue weighted by atomic mass is 10.0. The van der Waals surface area contributed by atoms with Gasteiger partial charge in [-0.1, -0.05) is 137 Å². The lowest BCUT2D eigenvalue weighted by Gasteiger charge is -2.06. The highest BCUT2D eigenvalue weighted by Gasteiger charge is 2.03. The van der Waals surface area contributed by atoms with Crippen molar-refractivity contribution in [3.05, 3.63) is 0 Å². The summed E-state index contributed by atoms with van der Waals surface area (Å²) in [5.74, 6) is 1.72. The van der Waals surface area contributed by atoms with E-state index in [-0.39, 0.29) is 5.97 Å². The highest BCUT2D eigenvalue weighted by atomic mass is 16.5. The molecule has 0 unspecified atom stereocenters. The maximum atomic E-state index is 11.8. The van der Waals surface area contributed by atoms with E-state index >= 15 is 0 Å². The summed E-state index contributed by atoms with van der Waals surface area (Å²) >= 11 is 0. The summed E-state index contributed by atoms with van der Waals surface area (Å²) in [4.78, 5) is 11.8. The van der Waals surface area contributed by atoms with E-state index in [1.165, 1.54) is 109 Å². The van der Waals surface area contributed by atoms with E-state index in [1.54, 1.807) is 0 Å². The number of rotatable bonds is 23. The molecule has 0 aromatic rings. The lowest BCUT2D eigenvalue weighted by molar-refractivity contribution is -0.143. The van der Waals surface area contributed by atoms with Crippen LogP contribution in [0.4, 0.5) is 0 Å². The molecule has 0 saturated heterocycles. The van der Waals surface area contributed by atoms with E-state index in [9.17, 15) is 4.79 Å². The van der Waals surface area contributed by atoms with Gasteiger partial charge in [-0.25, -0.2) is 0 Å². The van der Waals surface area contributed by atoms with Gasteiger partial charge in [0.1, 0.15) is 0 Å². The third kappa shape index (κ3) is 25.5. The van der Waals surface area contributed by atoms with Crippen LogP contribution < -0.4 is 0 Å². The first-order chi connectivity index (χ1) is 14.5. The number of hydrogen-bond acceptors (Lipinski definition) is 2. The highest BCUT2D eigenvalue weighted by Crippen LogP contribution is 2.14. The van der Waals surface area contributed by atoms with E-state index in [4.69, 9.17) is 4.74 Å². The summed E-state index contributed by atoms with van der Waals surface area (Å²) in [5, 5.41) is 0. The first-order valence-electron chi connectivity index (χ1n) is 13.7. The second-order valence-electron chi connectivity index (χ2n) is 10.3. The van der Waals surface area contributed by atoms with Crippen LogP contribution >= 0.6 is 0 Å². The zero-order chi connectivity index (χ0) is 22.3. The van der Waals surface area contributed by atoms with Crippen LogP contribution in [0.15, 0.2) is 0 Å². The second-order valence-corrected chi connectivity index (χ2v) is 10.3. The van der Waals surface area contributed by atoms with Gasteiger partial charge in [-0.05, 0) is 24.7 Å². The average Bonchev–Trinajstić information content (AvgIpc) is 2.69. The summed E-state index contributed by atoms with van der Waals surface area (Å²) in [6.45, 7) is 9.86. The summed E-state index contributed by atoms with van der Waals surface area (Å²) < 4.78 is 5.38. The molecule has 0 atom stereocenters. The molecule has 0 aliphatic carbocycles. The van der Waals surface area contributed by atoms with Gasteiger partial charge < -0.3 is 4.74 Å². The lowest BCUT2D eigenvalue weighted by Crippen LogP contribution is -2.05. The van der Waals surface area contributed by atoms with Gasteiger partial charge in [-0.2, -0.15) is 0 Å². The number of carbonyl (C=O) groups is 1. The SMILES string of the molecule is CC(C)CCCCCCCCCCCCCOC(=O)CCCCCCCCC(C)C. The average molecular weight is 425 g/mol. The molecule has 0 aliphatic heterocycles. The molecular weight excluding hydrogens is 368 g/mol. The molecule has 0 amide bonds. The normalized spacial score (nSPS) is 11.5. The third-order valence-electron chi connectivity index (χ3n) is 6.10. The van der Waals surface area contributed by atoms with E-state index in [0.29, 0.717) is 13.0 Å². The molecule has 0 heterocycles. The molecule has 0 N–H and O–H groups in total. The molecule has 0 saturated carbocycles. The topological polar surface area (TPSA) is 26.3 Å². The van der Waals surface area contributed by atoms with Gasteiger partial charge in [0.15, 0.2) is 0 Å². The van der Waals surface area contributed by atoms with Crippen molar-refractivity contribution in [1.29, 1.82) is 0 Å². The van der Waals surface area contributed by atoms with E-state index in [2.05, 4.69) is 27.7 Å². The highest BCUT2D eigenvalue weighted by molar-refractivity contribution is 5.69. The van der Waals surface area contributed by atoms with E-state index in [1.807, 2.05) is 0 Å². The first-order valence-corrected chi connectivity index (χ1v) is 13.7. The van der Waals surface area contributed by atoms with Crippen LogP contribution in [0.1, 0.15) is 156 Å². The third-order valence-corrected chi connectivity index (χ3v) is 6.10. The van der Waals surface area contributed by atoms with Crippen molar-refractivity contribution in [1.82, 2.24) is 0 Å². The number of unbranched alkanes of at least 4 members (excludes halogenated alkanes) is 15. The fraction of sp³-hybridized carbons (Fsp3) is 0.964. The Morgan fingerprint density at radius 2 is 0.833 bits per heavy atom. The number of hydrogen-bond donors (Lipinski definition) is 0. The Morgan fingerprint density at radius 3 is 1.23 bits per heavy atom. The minimum absolute atomic E-state index is 0.0169. The molecule has 30 heavy (non-hydrogen) atoms. The van der Waals surface area contributed by atoms with Crippen LogP contribution in [0.5, 0.6) is 0 Å². The van der Waals surface area contributed by atoms with Crippen molar-refractivity contribution in [2.24, 2.45) is 11.8 Å². The van der Waals surface area contributed by atoms with Crippen molar-refractivity contribution in [3.63, 3.8) is 0 Å². The molecule has 0 radical (unpaired) electrons. The number of carbonyl (C=O) groups excluding carboxylic acids is 1. The Balaban J connectivity index is 3.16. The van der Waals surface area contributed by atoms with Gasteiger partial charge in [-0.15, -0.1) is 0 Å². The van der Waals surface area contributed by atoms with Crippen molar-refractivity contribution >= 4 is 5.97 Å². The minimum Gasteiger partial charge on any atom is -0.466 e. The Labute approximate surface area is 190 Å². The Bertz CT molecular complexity index is 349. The van der Waals surface area contributed by atoms with Gasteiger partial charge in [0.25, 0.3) is 0 Å². The van der Waals surface area contributed by atoms with Crippen molar-refractivity contribution < 1.29 is 9.53 Å². The van der Waals surface area contributed by atoms with Crippen molar-refractivity contribution in [3.8, 4) is 0 Å². The molecule has 0 aliphatic rings. The molecular formula is C28H56O2. The predicted octanol–water partition coefficient (Wildman–Crippen LogP) is 9.64. The van der Waals surface area contributed by atoms with Gasteiger partial charge in [0, 0.05) is 6.42 Å². The summed E-state index contributed by atoms with van der Waals surface area (Å²) in [6, 6.07) is 0. The zero-order valence-electron chi connectivity index (χ0n) is 21.3. The van der Waals surface area contributed by atoms with Crippen LogP contribution in [-0.4, -0.2) is 12.6 Å². The van der Waals surface area contributed by atoms with Gasteiger partial charge in [0.05, 0.1) is 6.61 Å². The quantitative estimate of drug-likeness (QED) is 0.120. The molecule has 2 nitrogen and oxygen atoms in total. The second kappa shape index (κ2) is 23.1. The first kappa shape index (κ1) is 29.5. The van der Waals surface area contributed by atoms with Crippen LogP contribution in [0, 0.1) is 11.8 Å². The van der Waals surface area contributed by atoms with Gasteiger partial charge in [-0.3, -0.25) is 4.79 Å². The number of ether oxygens (including phenoxy) is 1. The molecule has 0 aromatic heterocycles. The molecule has 0 fully saturated rings. The van der Waals surface area contributed by atoms with Crippen molar-refractivity contribution in [2.45, 2.75) is 156 Å². The predicted molar refractivity (Wildman–Crippen MR) is 133 cm³/mol. The molecule has 180 valence electrons. The summed E-state index contributed by atoms with van der Waals surface area (Å²) in [7, 11) is 0. The minimum atomic E-state index is 0.0169. The van der Waals surface area contributed by atoms with E-state index < -0.39 is 0 Å². The Kier molecular flexibility index (Phi) is 22.7. The van der Waals surface area contributed by atoms with Crippen LogP contribution in [0.3, 0.4) is 0 Å². The monoisotopic (exact) mass is 424 g/mol. The van der Waals surface area contributed by atoms with Crippen LogP contribution in [0.2, 0.25) is 0 Å². The Morgan fingerprint density at radius 1 is 0.500 bits per heavy atom. The van der Waals surface area contributed by atoms with Gasteiger partial charge in [0.2, 0.25) is 0 Å². The maximum absolute atomic E-state index is 11.8. The largest absolute Gasteiger partial charge is 0.466 e. The van der Waals surface area contributed by atoms with E-state index in [0.717, 1.165) is 24.7 Å². The fourth-order valence-corrected chi connectivity index (χ4v) is 4.03. The standard InChI is InChI=1S/C28H56O2/c1-26(2)22-18-14-10-8-6-5-7-9-13-17-21-25-30-28(29)24-20-16-12-11-15-19-23-27(3)4/h26-27H,5-25H2,1-4H3. The molecule has 0 aromatic carbocycles. The molecule has 0 rings (SSSR count). The summed E-state index contributed by atoms with van der Waals surface area (Å²) in [5.41, 5.74) is 0. The molecule has 0 spiro atoms. The van der Waals surface area contributed by atoms with Crippen LogP contribution in [-0.2, 0) is 9.53 Å². The maximum Gasteiger partial charge on any atom is 0.305 e. The zero-order valence-corrected chi connectivity index (χ0v) is 21.3. The molecule has 0 bridgehead atoms. The van der Waals surface area contributed by atoms with Crippen LogP contribution in [0.25, 0.3) is 0 Å². The Hall–Kier alpha value is -0.530. The van der Waals surface area contributed by atoms with Crippen molar-refractivity contribution in [2.75, 3.05) is 6.61 Å². The van der Waals surface area contributed by atoms with Gasteiger partial charge >= 0.3 is 5.97 Å². The summed E-state index contributed by atoms with van der Waals surface area (Å²) in [6.07, 6.45) is 25.6. The number of esters is 1. The fourth-order valence-electron chi connectivity index (χ4n) is 4.03.